The molecule has 1 aliphatic heterocycles. The van der Waals surface area contributed by atoms with Gasteiger partial charge in [0.2, 0.25) is 5.91 Å². The molecule has 1 heterocycles. The van der Waals surface area contributed by atoms with Crippen LogP contribution >= 0.6 is 0 Å². The first kappa shape index (κ1) is 17.5. The van der Waals surface area contributed by atoms with E-state index < -0.39 is 0 Å². The van der Waals surface area contributed by atoms with Crippen LogP contribution in [0.5, 0.6) is 5.75 Å². The maximum atomic E-state index is 12.5. The van der Waals surface area contributed by atoms with Crippen LogP contribution in [-0.4, -0.2) is 29.0 Å². The molecule has 0 saturated carbocycles. The Bertz CT molecular complexity index is 694. The summed E-state index contributed by atoms with van der Waals surface area (Å²) >= 11 is 0. The average Bonchev–Trinajstić information content (AvgIpc) is 2.63. The lowest BCUT2D eigenvalue weighted by atomic mass is 9.95. The lowest BCUT2D eigenvalue weighted by molar-refractivity contribution is -0.127. The van der Waals surface area contributed by atoms with Crippen LogP contribution in [0.15, 0.2) is 54.6 Å². The van der Waals surface area contributed by atoms with E-state index in [2.05, 4.69) is 10.2 Å². The highest BCUT2D eigenvalue weighted by atomic mass is 16.3. The van der Waals surface area contributed by atoms with Gasteiger partial charge in [-0.15, -0.1) is 0 Å². The van der Waals surface area contributed by atoms with Gasteiger partial charge in [-0.2, -0.15) is 0 Å². The van der Waals surface area contributed by atoms with E-state index in [1.54, 1.807) is 12.1 Å². The highest BCUT2D eigenvalue weighted by Crippen LogP contribution is 2.22. The predicted molar refractivity (Wildman–Crippen MR) is 99.1 cm³/mol. The number of nitrogens with one attached hydrogen (secondary N) is 1. The van der Waals surface area contributed by atoms with Gasteiger partial charge in [0.1, 0.15) is 5.75 Å². The molecule has 132 valence electrons. The standard InChI is InChI=1S/C21H26N2O2/c1-16(18-7-3-2-4-8-18)22-21(25)19-10-12-23(13-11-19)15-17-6-5-9-20(24)14-17/h2-9,14,16,19,24H,10-13,15H2,1H3,(H,22,25)/t16-/m1/s1. The van der Waals surface area contributed by atoms with Gasteiger partial charge in [0.25, 0.3) is 0 Å². The van der Waals surface area contributed by atoms with Crippen LogP contribution in [-0.2, 0) is 11.3 Å². The molecule has 1 fully saturated rings. The summed E-state index contributed by atoms with van der Waals surface area (Å²) in [5, 5.41) is 12.7. The molecule has 0 spiro atoms. The molecule has 0 aliphatic carbocycles. The SMILES string of the molecule is C[C@@H](NC(=O)C1CCN(Cc2cccc(O)c2)CC1)c1ccccc1. The lowest BCUT2D eigenvalue weighted by Crippen LogP contribution is -2.40. The van der Waals surface area contributed by atoms with E-state index in [-0.39, 0.29) is 17.9 Å². The third-order valence-corrected chi connectivity index (χ3v) is 4.93. The quantitative estimate of drug-likeness (QED) is 0.877. The monoisotopic (exact) mass is 338 g/mol. The number of likely N-dealkylation sites (tertiary alicyclic amines) is 1. The summed E-state index contributed by atoms with van der Waals surface area (Å²) in [5.41, 5.74) is 2.25. The van der Waals surface area contributed by atoms with Crippen molar-refractivity contribution in [2.45, 2.75) is 32.4 Å². The number of phenolic OH excluding ortho intramolecular Hbond substituents is 1. The minimum absolute atomic E-state index is 0.0408. The van der Waals surface area contributed by atoms with Crippen LogP contribution in [0.2, 0.25) is 0 Å². The molecule has 1 amide bonds. The zero-order chi connectivity index (χ0) is 17.6. The van der Waals surface area contributed by atoms with E-state index in [9.17, 15) is 9.90 Å². The first-order valence-corrected chi connectivity index (χ1v) is 8.97. The highest BCUT2D eigenvalue weighted by Gasteiger charge is 2.26. The van der Waals surface area contributed by atoms with Gasteiger partial charge in [0, 0.05) is 12.5 Å². The molecule has 2 aromatic carbocycles. The maximum Gasteiger partial charge on any atom is 0.223 e. The molecule has 0 bridgehead atoms. The summed E-state index contributed by atoms with van der Waals surface area (Å²) in [6, 6.07) is 17.5. The molecule has 1 aliphatic rings. The smallest absolute Gasteiger partial charge is 0.223 e. The number of hydrogen-bond acceptors (Lipinski definition) is 3. The number of hydrogen-bond donors (Lipinski definition) is 2. The molecule has 1 saturated heterocycles. The Morgan fingerprint density at radius 2 is 1.88 bits per heavy atom. The van der Waals surface area contributed by atoms with Crippen molar-refractivity contribution in [3.8, 4) is 5.75 Å². The molecule has 0 aromatic heterocycles. The van der Waals surface area contributed by atoms with Crippen LogP contribution in [0.25, 0.3) is 0 Å². The Kier molecular flexibility index (Phi) is 5.71. The van der Waals surface area contributed by atoms with Crippen LogP contribution < -0.4 is 5.32 Å². The van der Waals surface area contributed by atoms with Crippen molar-refractivity contribution in [2.75, 3.05) is 13.1 Å². The summed E-state index contributed by atoms with van der Waals surface area (Å²) in [6.45, 7) is 4.67. The molecule has 4 nitrogen and oxygen atoms in total. The number of carbonyl (C=O) groups is 1. The summed E-state index contributed by atoms with van der Waals surface area (Å²) < 4.78 is 0. The Morgan fingerprint density at radius 3 is 2.56 bits per heavy atom. The van der Waals surface area contributed by atoms with Crippen molar-refractivity contribution >= 4 is 5.91 Å². The molecular weight excluding hydrogens is 312 g/mol. The fourth-order valence-electron chi connectivity index (χ4n) is 3.42. The van der Waals surface area contributed by atoms with Gasteiger partial charge in [-0.3, -0.25) is 9.69 Å². The van der Waals surface area contributed by atoms with E-state index >= 15 is 0 Å². The zero-order valence-electron chi connectivity index (χ0n) is 14.7. The molecule has 1 atom stereocenters. The number of amides is 1. The number of carbonyl (C=O) groups excluding carboxylic acids is 1. The summed E-state index contributed by atoms with van der Waals surface area (Å²) in [7, 11) is 0. The van der Waals surface area contributed by atoms with Gasteiger partial charge < -0.3 is 10.4 Å². The molecule has 2 N–H and O–H groups in total. The Labute approximate surface area is 149 Å². The normalized spacial score (nSPS) is 17.2. The highest BCUT2D eigenvalue weighted by molar-refractivity contribution is 5.79. The minimum atomic E-state index is 0.0408. The van der Waals surface area contributed by atoms with Crippen molar-refractivity contribution in [1.82, 2.24) is 10.2 Å². The van der Waals surface area contributed by atoms with Crippen LogP contribution in [0.1, 0.15) is 36.9 Å². The van der Waals surface area contributed by atoms with Gasteiger partial charge in [-0.25, -0.2) is 0 Å². The summed E-state index contributed by atoms with van der Waals surface area (Å²) in [4.78, 5) is 14.9. The van der Waals surface area contributed by atoms with Crippen molar-refractivity contribution in [3.63, 3.8) is 0 Å². The Morgan fingerprint density at radius 1 is 1.16 bits per heavy atom. The second kappa shape index (κ2) is 8.17. The molecule has 0 unspecified atom stereocenters. The molecule has 3 rings (SSSR count). The largest absolute Gasteiger partial charge is 0.508 e. The Hall–Kier alpha value is -2.33. The third-order valence-electron chi connectivity index (χ3n) is 4.93. The third kappa shape index (κ3) is 4.83. The van der Waals surface area contributed by atoms with E-state index in [1.165, 1.54) is 0 Å². The molecular formula is C21H26N2O2. The number of phenols is 1. The van der Waals surface area contributed by atoms with Gasteiger partial charge in [0.15, 0.2) is 0 Å². The molecule has 4 heteroatoms. The van der Waals surface area contributed by atoms with Crippen molar-refractivity contribution in [3.05, 3.63) is 65.7 Å². The van der Waals surface area contributed by atoms with Gasteiger partial charge >= 0.3 is 0 Å². The van der Waals surface area contributed by atoms with Crippen LogP contribution in [0.3, 0.4) is 0 Å². The van der Waals surface area contributed by atoms with Crippen LogP contribution in [0.4, 0.5) is 0 Å². The van der Waals surface area contributed by atoms with Gasteiger partial charge in [0.05, 0.1) is 6.04 Å². The first-order chi connectivity index (χ1) is 12.1. The van der Waals surface area contributed by atoms with E-state index in [1.807, 2.05) is 49.4 Å². The maximum absolute atomic E-state index is 12.5. The number of rotatable bonds is 5. The van der Waals surface area contributed by atoms with Gasteiger partial charge in [-0.05, 0) is 56.1 Å². The summed E-state index contributed by atoms with van der Waals surface area (Å²) in [6.07, 6.45) is 1.76. The molecule has 2 aromatic rings. The fraction of sp³-hybridized carbons (Fsp3) is 0.381. The van der Waals surface area contributed by atoms with E-state index in [0.717, 1.165) is 43.6 Å². The fourth-order valence-corrected chi connectivity index (χ4v) is 3.42. The van der Waals surface area contributed by atoms with E-state index in [4.69, 9.17) is 0 Å². The van der Waals surface area contributed by atoms with Gasteiger partial charge in [-0.1, -0.05) is 42.5 Å². The predicted octanol–water partition coefficient (Wildman–Crippen LogP) is 3.48. The van der Waals surface area contributed by atoms with Crippen molar-refractivity contribution in [1.29, 1.82) is 0 Å². The second-order valence-electron chi connectivity index (χ2n) is 6.86. The minimum Gasteiger partial charge on any atom is -0.508 e. The summed E-state index contributed by atoms with van der Waals surface area (Å²) in [5.74, 6) is 0.557. The Balaban J connectivity index is 1.47. The zero-order valence-corrected chi connectivity index (χ0v) is 14.7. The lowest BCUT2D eigenvalue weighted by Gasteiger charge is -2.32. The first-order valence-electron chi connectivity index (χ1n) is 8.97. The average molecular weight is 338 g/mol. The van der Waals surface area contributed by atoms with Crippen LogP contribution in [0, 0.1) is 5.92 Å². The topological polar surface area (TPSA) is 52.6 Å². The number of piperidine rings is 1. The molecule has 25 heavy (non-hydrogen) atoms. The van der Waals surface area contributed by atoms with E-state index in [0.29, 0.717) is 5.75 Å². The molecule has 0 radical (unpaired) electrons. The number of aromatic hydroxyl groups is 1. The van der Waals surface area contributed by atoms with Crippen molar-refractivity contribution in [2.24, 2.45) is 5.92 Å². The number of benzene rings is 2. The number of nitrogens with zero attached hydrogens (tertiary/aromatic N) is 1. The van der Waals surface area contributed by atoms with Crippen molar-refractivity contribution < 1.29 is 9.90 Å². The second-order valence-corrected chi connectivity index (χ2v) is 6.86.